The Morgan fingerprint density at radius 2 is 1.59 bits per heavy atom. The molecule has 168 valence electrons. The molecule has 3 aromatic rings. The maximum Gasteiger partial charge on any atom is 0.339 e. The third-order valence-corrected chi connectivity index (χ3v) is 5.76. The number of nitrogens with one attached hydrogen (secondary N) is 1. The van der Waals surface area contributed by atoms with E-state index in [4.69, 9.17) is 4.18 Å². The maximum atomic E-state index is 13.0. The van der Waals surface area contributed by atoms with Gasteiger partial charge in [-0.3, -0.25) is 0 Å². The van der Waals surface area contributed by atoms with E-state index in [0.717, 1.165) is 29.8 Å². The molecule has 32 heavy (non-hydrogen) atoms. The van der Waals surface area contributed by atoms with Gasteiger partial charge in [0.1, 0.15) is 16.5 Å². The minimum Gasteiger partial charge on any atom is -0.379 e. The maximum absolute atomic E-state index is 13.0. The minimum absolute atomic E-state index is 0.127. The van der Waals surface area contributed by atoms with Gasteiger partial charge in [-0.15, -0.1) is 0 Å². The van der Waals surface area contributed by atoms with Crippen LogP contribution < -0.4 is 9.50 Å². The normalized spacial score (nSPS) is 11.2. The number of anilines is 1. The molecule has 0 bridgehead atoms. The molecule has 8 heteroatoms. The molecule has 0 aliphatic rings. The van der Waals surface area contributed by atoms with Crippen molar-refractivity contribution in [1.82, 2.24) is 4.90 Å². The Kier molecular flexibility index (Phi) is 7.48. The molecule has 3 aromatic carbocycles. The summed E-state index contributed by atoms with van der Waals surface area (Å²) in [7, 11) is -4.07. The number of carbonyl (C=O) groups excluding carboxylic acids is 1. The third kappa shape index (κ3) is 6.55. The van der Waals surface area contributed by atoms with Crippen LogP contribution in [0.15, 0.2) is 83.8 Å². The molecule has 0 heterocycles. The molecule has 1 N–H and O–H groups in total. The highest BCUT2D eigenvalue weighted by Gasteiger charge is 2.18. The number of amides is 2. The number of carbonyl (C=O) groups is 1. The van der Waals surface area contributed by atoms with E-state index in [-0.39, 0.29) is 22.6 Å². The van der Waals surface area contributed by atoms with E-state index in [1.807, 2.05) is 44.2 Å². The first-order valence-corrected chi connectivity index (χ1v) is 11.5. The van der Waals surface area contributed by atoms with E-state index in [1.165, 1.54) is 12.1 Å². The smallest absolute Gasteiger partial charge is 0.339 e. The Morgan fingerprint density at radius 1 is 0.969 bits per heavy atom. The van der Waals surface area contributed by atoms with E-state index in [9.17, 15) is 17.6 Å². The molecule has 0 aliphatic heterocycles. The first-order valence-electron chi connectivity index (χ1n) is 10.1. The Hall–Kier alpha value is -3.39. The van der Waals surface area contributed by atoms with Crippen molar-refractivity contribution in [1.29, 1.82) is 0 Å². The summed E-state index contributed by atoms with van der Waals surface area (Å²) in [6.07, 6.45) is 0. The van der Waals surface area contributed by atoms with Gasteiger partial charge in [-0.25, -0.2) is 9.18 Å². The van der Waals surface area contributed by atoms with Crippen LogP contribution in [0.25, 0.3) is 0 Å². The number of urea groups is 1. The van der Waals surface area contributed by atoms with Crippen LogP contribution in [-0.4, -0.2) is 25.9 Å². The van der Waals surface area contributed by atoms with Crippen molar-refractivity contribution in [3.63, 3.8) is 0 Å². The second-order valence-electron chi connectivity index (χ2n) is 7.71. The van der Waals surface area contributed by atoms with Gasteiger partial charge in [0, 0.05) is 18.8 Å². The fourth-order valence-electron chi connectivity index (χ4n) is 3.03. The molecule has 0 saturated carbocycles. The van der Waals surface area contributed by atoms with Crippen molar-refractivity contribution in [2.45, 2.75) is 25.3 Å². The average molecular weight is 457 g/mol. The summed E-state index contributed by atoms with van der Waals surface area (Å²) in [6, 6.07) is 19.9. The quantitative estimate of drug-likeness (QED) is 0.468. The summed E-state index contributed by atoms with van der Waals surface area (Å²) < 4.78 is 42.9. The van der Waals surface area contributed by atoms with Crippen molar-refractivity contribution < 1.29 is 21.8 Å². The zero-order valence-corrected chi connectivity index (χ0v) is 18.7. The lowest BCUT2D eigenvalue weighted by molar-refractivity contribution is 0.201. The van der Waals surface area contributed by atoms with Gasteiger partial charge >= 0.3 is 16.1 Å². The summed E-state index contributed by atoms with van der Waals surface area (Å²) in [4.78, 5) is 14.3. The van der Waals surface area contributed by atoms with Crippen LogP contribution in [0.4, 0.5) is 14.9 Å². The Labute approximate surface area is 187 Å². The van der Waals surface area contributed by atoms with E-state index >= 15 is 0 Å². The average Bonchev–Trinajstić information content (AvgIpc) is 2.75. The largest absolute Gasteiger partial charge is 0.379 e. The summed E-state index contributed by atoms with van der Waals surface area (Å²) in [5.74, 6) is -0.141. The number of para-hydroxylation sites is 1. The number of rotatable bonds is 8. The zero-order chi connectivity index (χ0) is 23.1. The standard InChI is InChI=1S/C24H25FN2O4S/c1-18(2)16-27(24(28)26-21-6-4-3-5-7-21)17-19-8-12-22(13-9-19)31-32(29,30)23-14-10-20(25)11-15-23/h3-15,18H,16-17H2,1-2H3,(H,26,28). The van der Waals surface area contributed by atoms with Crippen molar-refractivity contribution in [2.75, 3.05) is 11.9 Å². The summed E-state index contributed by atoms with van der Waals surface area (Å²) in [6.45, 7) is 4.96. The monoisotopic (exact) mass is 456 g/mol. The summed E-state index contributed by atoms with van der Waals surface area (Å²) in [5, 5.41) is 2.89. The second-order valence-corrected chi connectivity index (χ2v) is 9.25. The Balaban J connectivity index is 1.69. The fourth-order valence-corrected chi connectivity index (χ4v) is 3.96. The number of benzene rings is 3. The van der Waals surface area contributed by atoms with Crippen molar-refractivity contribution in [3.05, 3.63) is 90.2 Å². The lowest BCUT2D eigenvalue weighted by Gasteiger charge is -2.25. The van der Waals surface area contributed by atoms with Gasteiger partial charge in [0.15, 0.2) is 0 Å². The Morgan fingerprint density at radius 3 is 2.19 bits per heavy atom. The molecule has 0 unspecified atom stereocenters. The van der Waals surface area contributed by atoms with Crippen molar-refractivity contribution in [2.24, 2.45) is 5.92 Å². The minimum atomic E-state index is -4.07. The highest BCUT2D eigenvalue weighted by Crippen LogP contribution is 2.21. The predicted molar refractivity (Wildman–Crippen MR) is 121 cm³/mol. The molecule has 3 rings (SSSR count). The van der Waals surface area contributed by atoms with Gasteiger partial charge in [0.2, 0.25) is 0 Å². The van der Waals surface area contributed by atoms with E-state index in [2.05, 4.69) is 5.32 Å². The van der Waals surface area contributed by atoms with E-state index in [1.54, 1.807) is 17.0 Å². The molecule has 0 radical (unpaired) electrons. The molecular formula is C24H25FN2O4S. The second kappa shape index (κ2) is 10.3. The van der Waals surface area contributed by atoms with E-state index in [0.29, 0.717) is 18.8 Å². The van der Waals surface area contributed by atoms with Crippen LogP contribution >= 0.6 is 0 Å². The van der Waals surface area contributed by atoms with Crippen molar-refractivity contribution >= 4 is 21.8 Å². The van der Waals surface area contributed by atoms with Gasteiger partial charge in [-0.1, -0.05) is 44.2 Å². The van der Waals surface area contributed by atoms with Crippen LogP contribution in [-0.2, 0) is 16.7 Å². The third-order valence-electron chi connectivity index (χ3n) is 4.50. The topological polar surface area (TPSA) is 75.7 Å². The van der Waals surface area contributed by atoms with Gasteiger partial charge in [-0.05, 0) is 60.0 Å². The number of hydrogen-bond acceptors (Lipinski definition) is 4. The van der Waals surface area contributed by atoms with Crippen LogP contribution in [0.3, 0.4) is 0 Å². The van der Waals surface area contributed by atoms with Crippen LogP contribution in [0, 0.1) is 11.7 Å². The fraction of sp³-hybridized carbons (Fsp3) is 0.208. The molecule has 0 fully saturated rings. The molecule has 2 amide bonds. The molecule has 0 aliphatic carbocycles. The molecule has 0 aromatic heterocycles. The first-order chi connectivity index (χ1) is 15.2. The summed E-state index contributed by atoms with van der Waals surface area (Å²) in [5.41, 5.74) is 1.53. The van der Waals surface area contributed by atoms with Gasteiger partial charge in [0.25, 0.3) is 0 Å². The van der Waals surface area contributed by atoms with Gasteiger partial charge in [-0.2, -0.15) is 8.42 Å². The van der Waals surface area contributed by atoms with Crippen LogP contribution in [0.2, 0.25) is 0 Å². The zero-order valence-electron chi connectivity index (χ0n) is 17.9. The van der Waals surface area contributed by atoms with E-state index < -0.39 is 15.9 Å². The van der Waals surface area contributed by atoms with Crippen LogP contribution in [0.1, 0.15) is 19.4 Å². The molecule has 0 atom stereocenters. The lowest BCUT2D eigenvalue weighted by atomic mass is 10.1. The highest BCUT2D eigenvalue weighted by molar-refractivity contribution is 7.87. The number of nitrogens with zero attached hydrogens (tertiary/aromatic N) is 1. The molecule has 0 saturated heterocycles. The predicted octanol–water partition coefficient (Wildman–Crippen LogP) is 5.28. The first kappa shape index (κ1) is 23.3. The van der Waals surface area contributed by atoms with Gasteiger partial charge in [0.05, 0.1) is 0 Å². The highest BCUT2D eigenvalue weighted by atomic mass is 32.2. The SMILES string of the molecule is CC(C)CN(Cc1ccc(OS(=O)(=O)c2ccc(F)cc2)cc1)C(=O)Nc1ccccc1. The molecular weight excluding hydrogens is 431 g/mol. The Bertz CT molecular complexity index is 1130. The molecule has 0 spiro atoms. The number of hydrogen-bond donors (Lipinski definition) is 1. The van der Waals surface area contributed by atoms with Gasteiger partial charge < -0.3 is 14.4 Å². The van der Waals surface area contributed by atoms with Crippen molar-refractivity contribution in [3.8, 4) is 5.75 Å². The number of halogens is 1. The molecule has 6 nitrogen and oxygen atoms in total. The van der Waals surface area contributed by atoms with Crippen LogP contribution in [0.5, 0.6) is 5.75 Å². The summed E-state index contributed by atoms with van der Waals surface area (Å²) >= 11 is 0. The lowest BCUT2D eigenvalue weighted by Crippen LogP contribution is -2.37.